The van der Waals surface area contributed by atoms with Crippen LogP contribution in [0.2, 0.25) is 5.15 Å². The number of alkyl halides is 3. The molecule has 0 spiro atoms. The van der Waals surface area contributed by atoms with Gasteiger partial charge in [-0.1, -0.05) is 41.1 Å². The van der Waals surface area contributed by atoms with Crippen LogP contribution in [0.15, 0.2) is 54.7 Å². The summed E-state index contributed by atoms with van der Waals surface area (Å²) in [5.74, 6) is -0.820. The lowest BCUT2D eigenvalue weighted by Crippen LogP contribution is -2.23. The summed E-state index contributed by atoms with van der Waals surface area (Å²) < 4.78 is 41.9. The first-order valence-electron chi connectivity index (χ1n) is 9.13. The minimum Gasteiger partial charge on any atom is -0.406 e. The van der Waals surface area contributed by atoms with E-state index in [1.807, 2.05) is 6.07 Å². The number of carbonyl (C=O) groups excluding carboxylic acids is 1. The molecule has 0 aliphatic heterocycles. The third-order valence-electron chi connectivity index (χ3n) is 4.40. The SMILES string of the molecule is Nc1nc2ccc(-c3cc(C(=O)NCc4cccc(OC(F)(F)F)c4)cnc3Cl)cc2s1. The van der Waals surface area contributed by atoms with Crippen molar-refractivity contribution in [3.8, 4) is 16.9 Å². The monoisotopic (exact) mass is 478 g/mol. The first-order chi connectivity index (χ1) is 15.2. The number of amides is 1. The van der Waals surface area contributed by atoms with Crippen molar-refractivity contribution in [2.24, 2.45) is 0 Å². The number of thiazole rings is 1. The molecule has 0 bridgehead atoms. The Hall–Kier alpha value is -3.37. The van der Waals surface area contributed by atoms with E-state index in [0.29, 0.717) is 16.3 Å². The quantitative estimate of drug-likeness (QED) is 0.374. The molecule has 0 radical (unpaired) electrons. The van der Waals surface area contributed by atoms with Crippen molar-refractivity contribution in [2.45, 2.75) is 12.9 Å². The summed E-state index contributed by atoms with van der Waals surface area (Å²) in [4.78, 5) is 20.9. The molecule has 6 nitrogen and oxygen atoms in total. The predicted octanol–water partition coefficient (Wildman–Crippen LogP) is 5.42. The van der Waals surface area contributed by atoms with E-state index < -0.39 is 12.3 Å². The number of carbonyl (C=O) groups is 1. The van der Waals surface area contributed by atoms with Crippen molar-refractivity contribution >= 4 is 44.2 Å². The van der Waals surface area contributed by atoms with Gasteiger partial charge in [-0.25, -0.2) is 9.97 Å². The van der Waals surface area contributed by atoms with Gasteiger partial charge in [0.1, 0.15) is 10.9 Å². The maximum atomic E-state index is 12.6. The van der Waals surface area contributed by atoms with Crippen molar-refractivity contribution in [2.75, 3.05) is 5.73 Å². The van der Waals surface area contributed by atoms with Crippen LogP contribution in [0.25, 0.3) is 21.3 Å². The molecule has 2 aromatic carbocycles. The minimum absolute atomic E-state index is 0.00203. The van der Waals surface area contributed by atoms with Gasteiger partial charge >= 0.3 is 6.36 Å². The average Bonchev–Trinajstić information content (AvgIpc) is 3.10. The molecular weight excluding hydrogens is 465 g/mol. The summed E-state index contributed by atoms with van der Waals surface area (Å²) in [6, 6.07) is 12.4. The highest BCUT2D eigenvalue weighted by atomic mass is 35.5. The smallest absolute Gasteiger partial charge is 0.406 e. The fourth-order valence-corrected chi connectivity index (χ4v) is 4.01. The number of nitrogen functional groups attached to an aromatic ring is 1. The number of fused-ring (bicyclic) bond motifs is 1. The maximum Gasteiger partial charge on any atom is 0.573 e. The maximum absolute atomic E-state index is 12.6. The van der Waals surface area contributed by atoms with Crippen LogP contribution in [0.3, 0.4) is 0 Å². The van der Waals surface area contributed by atoms with Crippen LogP contribution in [-0.4, -0.2) is 22.2 Å². The lowest BCUT2D eigenvalue weighted by molar-refractivity contribution is -0.274. The van der Waals surface area contributed by atoms with E-state index in [2.05, 4.69) is 20.0 Å². The van der Waals surface area contributed by atoms with Crippen molar-refractivity contribution in [1.29, 1.82) is 0 Å². The Bertz CT molecular complexity index is 1310. The van der Waals surface area contributed by atoms with E-state index in [1.165, 1.54) is 35.7 Å². The molecule has 0 aliphatic carbocycles. The second-order valence-electron chi connectivity index (χ2n) is 6.67. The third-order valence-corrected chi connectivity index (χ3v) is 5.55. The number of benzene rings is 2. The topological polar surface area (TPSA) is 90.1 Å². The number of nitrogens with two attached hydrogens (primary N) is 1. The van der Waals surface area contributed by atoms with Gasteiger partial charge in [-0.15, -0.1) is 13.2 Å². The predicted molar refractivity (Wildman–Crippen MR) is 117 cm³/mol. The molecule has 0 saturated heterocycles. The molecule has 2 aromatic heterocycles. The summed E-state index contributed by atoms with van der Waals surface area (Å²) >= 11 is 7.58. The van der Waals surface area contributed by atoms with Gasteiger partial charge in [0, 0.05) is 18.3 Å². The fraction of sp³-hybridized carbons (Fsp3) is 0.0952. The van der Waals surface area contributed by atoms with Crippen LogP contribution in [0.5, 0.6) is 5.75 Å². The summed E-state index contributed by atoms with van der Waals surface area (Å²) in [5, 5.41) is 3.31. The number of ether oxygens (including phenoxy) is 1. The third kappa shape index (κ3) is 5.09. The van der Waals surface area contributed by atoms with Crippen LogP contribution >= 0.6 is 22.9 Å². The first kappa shape index (κ1) is 21.8. The minimum atomic E-state index is -4.79. The van der Waals surface area contributed by atoms with E-state index in [9.17, 15) is 18.0 Å². The fourth-order valence-electron chi connectivity index (χ4n) is 3.02. The number of anilines is 1. The Morgan fingerprint density at radius 1 is 1.19 bits per heavy atom. The van der Waals surface area contributed by atoms with Gasteiger partial charge in [0.25, 0.3) is 5.91 Å². The first-order valence-corrected chi connectivity index (χ1v) is 10.3. The van der Waals surface area contributed by atoms with E-state index in [1.54, 1.807) is 24.3 Å². The number of pyridine rings is 1. The Morgan fingerprint density at radius 2 is 2.00 bits per heavy atom. The number of rotatable bonds is 5. The molecule has 0 saturated carbocycles. The lowest BCUT2D eigenvalue weighted by atomic mass is 10.1. The number of hydrogen-bond acceptors (Lipinski definition) is 6. The van der Waals surface area contributed by atoms with Crippen LogP contribution in [0.4, 0.5) is 18.3 Å². The molecule has 2 heterocycles. The highest BCUT2D eigenvalue weighted by Gasteiger charge is 2.31. The van der Waals surface area contributed by atoms with Crippen LogP contribution in [0, 0.1) is 0 Å². The molecule has 4 aromatic rings. The van der Waals surface area contributed by atoms with Crippen LogP contribution in [-0.2, 0) is 6.54 Å². The van der Waals surface area contributed by atoms with Gasteiger partial charge in [-0.3, -0.25) is 4.79 Å². The Balaban J connectivity index is 1.51. The standard InChI is InChI=1S/C21H14ClF3N4O2S/c22-18-15(12-4-5-16-17(8-12)32-20(26)29-16)7-13(10-27-18)19(30)28-9-11-2-1-3-14(6-11)31-21(23,24)25/h1-8,10H,9H2,(H2,26,29)(H,28,30). The van der Waals surface area contributed by atoms with Gasteiger partial charge in [0.15, 0.2) is 5.13 Å². The Morgan fingerprint density at radius 3 is 2.78 bits per heavy atom. The largest absolute Gasteiger partial charge is 0.573 e. The molecule has 164 valence electrons. The molecule has 4 rings (SSSR count). The van der Waals surface area contributed by atoms with Crippen molar-refractivity contribution in [1.82, 2.24) is 15.3 Å². The van der Waals surface area contributed by atoms with Gasteiger partial charge in [0.05, 0.1) is 15.8 Å². The Labute approximate surface area is 188 Å². The van der Waals surface area contributed by atoms with Gasteiger partial charge in [-0.05, 0) is 41.5 Å². The zero-order chi connectivity index (χ0) is 22.9. The molecule has 1 amide bonds. The van der Waals surface area contributed by atoms with Crippen molar-refractivity contribution in [3.63, 3.8) is 0 Å². The normalized spacial score (nSPS) is 11.5. The van der Waals surface area contributed by atoms with E-state index >= 15 is 0 Å². The van der Waals surface area contributed by atoms with Gasteiger partial charge in [0.2, 0.25) is 0 Å². The van der Waals surface area contributed by atoms with Crippen molar-refractivity contribution < 1.29 is 22.7 Å². The highest BCUT2D eigenvalue weighted by Crippen LogP contribution is 2.32. The van der Waals surface area contributed by atoms with E-state index in [0.717, 1.165) is 15.8 Å². The number of hydrogen-bond donors (Lipinski definition) is 2. The molecule has 0 aliphatic rings. The number of halogens is 4. The molecule has 3 N–H and O–H groups in total. The van der Waals surface area contributed by atoms with E-state index in [4.69, 9.17) is 17.3 Å². The second-order valence-corrected chi connectivity index (χ2v) is 8.10. The number of nitrogens with zero attached hydrogens (tertiary/aromatic N) is 2. The molecule has 0 atom stereocenters. The molecular formula is C21H14ClF3N4O2S. The number of aromatic nitrogens is 2. The zero-order valence-electron chi connectivity index (χ0n) is 16.1. The Kier molecular flexibility index (Phi) is 5.90. The molecule has 32 heavy (non-hydrogen) atoms. The average molecular weight is 479 g/mol. The van der Waals surface area contributed by atoms with Crippen LogP contribution in [0.1, 0.15) is 15.9 Å². The summed E-state index contributed by atoms with van der Waals surface area (Å²) in [5.41, 5.74) is 8.48. The van der Waals surface area contributed by atoms with Gasteiger partial charge in [-0.2, -0.15) is 0 Å². The summed E-state index contributed by atoms with van der Waals surface area (Å²) in [6.45, 7) is -0.00203. The number of nitrogens with one attached hydrogen (secondary N) is 1. The molecule has 0 fully saturated rings. The second kappa shape index (κ2) is 8.64. The lowest BCUT2D eigenvalue weighted by Gasteiger charge is -2.11. The van der Waals surface area contributed by atoms with Crippen LogP contribution < -0.4 is 15.8 Å². The summed E-state index contributed by atoms with van der Waals surface area (Å²) in [6.07, 6.45) is -3.46. The van der Waals surface area contributed by atoms with Gasteiger partial charge < -0.3 is 15.8 Å². The zero-order valence-corrected chi connectivity index (χ0v) is 17.7. The highest BCUT2D eigenvalue weighted by molar-refractivity contribution is 7.22. The molecule has 11 heteroatoms. The van der Waals surface area contributed by atoms with E-state index in [-0.39, 0.29) is 23.0 Å². The van der Waals surface area contributed by atoms with Crippen molar-refractivity contribution in [3.05, 3.63) is 71.0 Å². The summed E-state index contributed by atoms with van der Waals surface area (Å²) in [7, 11) is 0. The molecule has 0 unspecified atom stereocenters.